The van der Waals surface area contributed by atoms with Gasteiger partial charge in [-0.1, -0.05) is 11.6 Å². The highest BCUT2D eigenvalue weighted by Crippen LogP contribution is 2.27. The Morgan fingerprint density at radius 3 is 2.37 bits per heavy atom. The summed E-state index contributed by atoms with van der Waals surface area (Å²) >= 11 is 5.88. The Kier molecular flexibility index (Phi) is 3.42. The van der Waals surface area contributed by atoms with Crippen LogP contribution in [-0.2, 0) is 17.1 Å². The van der Waals surface area contributed by atoms with Crippen LogP contribution in [0.3, 0.4) is 0 Å². The number of benzene rings is 1. The normalized spacial score (nSPS) is 11.5. The molecule has 0 spiro atoms. The van der Waals surface area contributed by atoms with Gasteiger partial charge in [0, 0.05) is 19.8 Å². The van der Waals surface area contributed by atoms with Crippen molar-refractivity contribution < 1.29 is 8.42 Å². The fourth-order valence-electron chi connectivity index (χ4n) is 1.64. The first-order chi connectivity index (χ1) is 8.84. The van der Waals surface area contributed by atoms with Gasteiger partial charge in [-0.2, -0.15) is 13.5 Å². The van der Waals surface area contributed by atoms with Gasteiger partial charge in [0.25, 0.3) is 10.0 Å². The summed E-state index contributed by atoms with van der Waals surface area (Å²) in [4.78, 5) is 0. The average Bonchev–Trinajstić information content (AvgIpc) is 2.69. The van der Waals surface area contributed by atoms with Crippen LogP contribution in [-0.4, -0.2) is 25.2 Å². The third kappa shape index (κ3) is 2.39. The van der Waals surface area contributed by atoms with Crippen molar-refractivity contribution in [3.05, 3.63) is 35.5 Å². The van der Waals surface area contributed by atoms with Crippen molar-refractivity contribution in [2.45, 2.75) is 5.03 Å². The summed E-state index contributed by atoms with van der Waals surface area (Å²) in [7, 11) is -0.790. The molecule has 102 valence electrons. The number of nitrogens with zero attached hydrogens (tertiary/aromatic N) is 3. The van der Waals surface area contributed by atoms with Crippen LogP contribution in [0.1, 0.15) is 0 Å². The molecule has 2 rings (SSSR count). The number of aryl methyl sites for hydroxylation is 1. The SMILES string of the molecule is CN(c1ccc(N)cc1)S(=O)(=O)c1c(Cl)cnn1C. The molecule has 1 aromatic carbocycles. The van der Waals surface area contributed by atoms with Crippen LogP contribution in [0.15, 0.2) is 35.5 Å². The molecule has 0 amide bonds. The molecule has 2 N–H and O–H groups in total. The number of rotatable bonds is 3. The van der Waals surface area contributed by atoms with Gasteiger partial charge in [0.05, 0.1) is 16.9 Å². The maximum absolute atomic E-state index is 12.5. The molecule has 1 aromatic heterocycles. The topological polar surface area (TPSA) is 81.2 Å². The van der Waals surface area contributed by atoms with Crippen molar-refractivity contribution in [1.82, 2.24) is 9.78 Å². The van der Waals surface area contributed by atoms with E-state index in [-0.39, 0.29) is 10.0 Å². The Hall–Kier alpha value is -1.73. The summed E-state index contributed by atoms with van der Waals surface area (Å²) in [6, 6.07) is 6.51. The highest BCUT2D eigenvalue weighted by molar-refractivity contribution is 7.92. The Labute approximate surface area is 116 Å². The van der Waals surface area contributed by atoms with Crippen LogP contribution < -0.4 is 10.0 Å². The summed E-state index contributed by atoms with van der Waals surface area (Å²) in [5, 5.41) is 3.87. The Morgan fingerprint density at radius 2 is 1.89 bits per heavy atom. The average molecular weight is 301 g/mol. The van der Waals surface area contributed by atoms with Gasteiger partial charge in [-0.3, -0.25) is 8.99 Å². The lowest BCUT2D eigenvalue weighted by atomic mass is 10.3. The summed E-state index contributed by atoms with van der Waals surface area (Å²) in [5.74, 6) is 0. The first-order valence-corrected chi connectivity index (χ1v) is 7.18. The predicted octanol–water partition coefficient (Wildman–Crippen LogP) is 1.48. The number of halogens is 1. The van der Waals surface area contributed by atoms with E-state index in [0.29, 0.717) is 11.4 Å². The molecule has 0 aliphatic carbocycles. The van der Waals surface area contributed by atoms with Gasteiger partial charge in [-0.15, -0.1) is 0 Å². The number of hydrogen-bond acceptors (Lipinski definition) is 4. The number of nitrogen functional groups attached to an aromatic ring is 1. The van der Waals surface area contributed by atoms with E-state index in [1.807, 2.05) is 0 Å². The van der Waals surface area contributed by atoms with Crippen molar-refractivity contribution in [3.63, 3.8) is 0 Å². The van der Waals surface area contributed by atoms with Crippen molar-refractivity contribution in [2.75, 3.05) is 17.1 Å². The van der Waals surface area contributed by atoms with Crippen LogP contribution in [0.4, 0.5) is 11.4 Å². The second kappa shape index (κ2) is 4.75. The molecule has 0 aliphatic rings. The van der Waals surface area contributed by atoms with E-state index in [0.717, 1.165) is 4.31 Å². The molecule has 0 atom stereocenters. The van der Waals surface area contributed by atoms with Gasteiger partial charge < -0.3 is 5.73 Å². The van der Waals surface area contributed by atoms with Gasteiger partial charge in [0.15, 0.2) is 5.03 Å². The summed E-state index contributed by atoms with van der Waals surface area (Å²) in [6.45, 7) is 0. The van der Waals surface area contributed by atoms with E-state index in [2.05, 4.69) is 5.10 Å². The smallest absolute Gasteiger partial charge is 0.282 e. The van der Waals surface area contributed by atoms with E-state index in [9.17, 15) is 8.42 Å². The molecule has 0 saturated carbocycles. The minimum Gasteiger partial charge on any atom is -0.399 e. The molecule has 19 heavy (non-hydrogen) atoms. The second-order valence-electron chi connectivity index (χ2n) is 3.99. The molecule has 0 radical (unpaired) electrons. The van der Waals surface area contributed by atoms with Crippen molar-refractivity contribution in [3.8, 4) is 0 Å². The van der Waals surface area contributed by atoms with E-state index in [1.54, 1.807) is 24.3 Å². The van der Waals surface area contributed by atoms with Crippen LogP contribution in [0.25, 0.3) is 0 Å². The molecule has 0 saturated heterocycles. The van der Waals surface area contributed by atoms with Gasteiger partial charge in [-0.05, 0) is 24.3 Å². The van der Waals surface area contributed by atoms with Crippen molar-refractivity contribution in [2.24, 2.45) is 7.05 Å². The lowest BCUT2D eigenvalue weighted by molar-refractivity contribution is 0.575. The Morgan fingerprint density at radius 1 is 1.32 bits per heavy atom. The van der Waals surface area contributed by atoms with E-state index < -0.39 is 10.0 Å². The van der Waals surface area contributed by atoms with E-state index in [4.69, 9.17) is 17.3 Å². The number of anilines is 2. The summed E-state index contributed by atoms with van der Waals surface area (Å²) in [5.41, 5.74) is 6.63. The Balaban J connectivity index is 2.48. The predicted molar refractivity (Wildman–Crippen MR) is 74.7 cm³/mol. The zero-order valence-corrected chi connectivity index (χ0v) is 12.0. The molecule has 0 fully saturated rings. The van der Waals surface area contributed by atoms with Crippen molar-refractivity contribution >= 4 is 33.0 Å². The quantitative estimate of drug-likeness (QED) is 0.871. The lowest BCUT2D eigenvalue weighted by Crippen LogP contribution is -2.28. The Bertz CT molecular complexity index is 674. The minimum atomic E-state index is -3.76. The first-order valence-electron chi connectivity index (χ1n) is 5.36. The van der Waals surface area contributed by atoms with Crippen molar-refractivity contribution in [1.29, 1.82) is 0 Å². The van der Waals surface area contributed by atoms with Crippen LogP contribution >= 0.6 is 11.6 Å². The number of sulfonamides is 1. The number of nitrogens with two attached hydrogens (primary N) is 1. The molecule has 1 heterocycles. The molecule has 0 unspecified atom stereocenters. The highest BCUT2D eigenvalue weighted by Gasteiger charge is 2.27. The maximum Gasteiger partial charge on any atom is 0.282 e. The van der Waals surface area contributed by atoms with Gasteiger partial charge >= 0.3 is 0 Å². The third-order valence-electron chi connectivity index (χ3n) is 2.70. The number of hydrogen-bond donors (Lipinski definition) is 1. The summed E-state index contributed by atoms with van der Waals surface area (Å²) < 4.78 is 27.3. The minimum absolute atomic E-state index is 0.0477. The van der Waals surface area contributed by atoms with Gasteiger partial charge in [0.1, 0.15) is 0 Å². The maximum atomic E-state index is 12.5. The van der Waals surface area contributed by atoms with Crippen LogP contribution in [0, 0.1) is 0 Å². The zero-order valence-electron chi connectivity index (χ0n) is 10.4. The monoisotopic (exact) mass is 300 g/mol. The fourth-order valence-corrected chi connectivity index (χ4v) is 3.44. The number of aromatic nitrogens is 2. The van der Waals surface area contributed by atoms with E-state index in [1.165, 1.54) is 25.0 Å². The molecule has 0 bridgehead atoms. The fraction of sp³-hybridized carbons (Fsp3) is 0.182. The molecule has 0 aliphatic heterocycles. The molecular weight excluding hydrogens is 288 g/mol. The third-order valence-corrected chi connectivity index (χ3v) is 5.00. The standard InChI is InChI=1S/C11H13ClN4O2S/c1-15-11(10(12)7-14-15)19(17,18)16(2)9-5-3-8(13)4-6-9/h3-7H,13H2,1-2H3. The second-order valence-corrected chi connectivity index (χ2v) is 6.28. The van der Waals surface area contributed by atoms with E-state index >= 15 is 0 Å². The van der Waals surface area contributed by atoms with Gasteiger partial charge in [0.2, 0.25) is 0 Å². The van der Waals surface area contributed by atoms with Crippen LogP contribution in [0.2, 0.25) is 5.02 Å². The molecule has 2 aromatic rings. The highest BCUT2D eigenvalue weighted by atomic mass is 35.5. The first kappa shape index (κ1) is 13.7. The van der Waals surface area contributed by atoms with Gasteiger partial charge in [-0.25, -0.2) is 0 Å². The lowest BCUT2D eigenvalue weighted by Gasteiger charge is -2.19. The largest absolute Gasteiger partial charge is 0.399 e. The zero-order chi connectivity index (χ0) is 14.2. The molecule has 6 nitrogen and oxygen atoms in total. The summed E-state index contributed by atoms with van der Waals surface area (Å²) in [6.07, 6.45) is 1.30. The van der Waals surface area contributed by atoms with Crippen LogP contribution in [0.5, 0.6) is 0 Å². The molecule has 8 heteroatoms. The molecular formula is C11H13ClN4O2S.